The van der Waals surface area contributed by atoms with E-state index in [1.165, 1.54) is 19.3 Å². The summed E-state index contributed by atoms with van der Waals surface area (Å²) in [5.74, 6) is 1.70. The van der Waals surface area contributed by atoms with Crippen molar-refractivity contribution in [2.45, 2.75) is 72.0 Å². The molecule has 0 radical (unpaired) electrons. The molecule has 23 heavy (non-hydrogen) atoms. The number of morpholine rings is 1. The van der Waals surface area contributed by atoms with E-state index >= 15 is 0 Å². The van der Waals surface area contributed by atoms with Crippen molar-refractivity contribution >= 4 is 5.96 Å². The summed E-state index contributed by atoms with van der Waals surface area (Å²) in [6.45, 7) is 14.9. The molecule has 3 atom stereocenters. The molecular weight excluding hydrogens is 288 g/mol. The summed E-state index contributed by atoms with van der Waals surface area (Å²) in [7, 11) is 1.85. The van der Waals surface area contributed by atoms with Gasteiger partial charge in [0.2, 0.25) is 0 Å². The SMILES string of the molecule is CN=C(NCC(C)N1CCOCC1C)NC(C)CCCC(C)C. The highest BCUT2D eigenvalue weighted by Gasteiger charge is 2.23. The van der Waals surface area contributed by atoms with Gasteiger partial charge in [0.25, 0.3) is 0 Å². The molecule has 1 heterocycles. The Kier molecular flexibility index (Phi) is 9.56. The average Bonchev–Trinajstić information content (AvgIpc) is 2.51. The number of ether oxygens (including phenoxy) is 1. The lowest BCUT2D eigenvalue weighted by atomic mass is 10.0. The molecule has 5 nitrogen and oxygen atoms in total. The molecule has 3 unspecified atom stereocenters. The van der Waals surface area contributed by atoms with Gasteiger partial charge in [-0.15, -0.1) is 0 Å². The highest BCUT2D eigenvalue weighted by molar-refractivity contribution is 5.79. The third-order valence-corrected chi connectivity index (χ3v) is 4.58. The van der Waals surface area contributed by atoms with E-state index in [0.29, 0.717) is 18.1 Å². The predicted octanol–water partition coefficient (Wildman–Crippen LogP) is 2.48. The minimum absolute atomic E-state index is 0.456. The molecule has 2 N–H and O–H groups in total. The Morgan fingerprint density at radius 3 is 2.61 bits per heavy atom. The summed E-state index contributed by atoms with van der Waals surface area (Å²) in [6, 6.07) is 1.42. The summed E-state index contributed by atoms with van der Waals surface area (Å²) < 4.78 is 5.52. The number of guanidine groups is 1. The van der Waals surface area contributed by atoms with Gasteiger partial charge in [0.15, 0.2) is 5.96 Å². The second-order valence-corrected chi connectivity index (χ2v) is 7.33. The van der Waals surface area contributed by atoms with Gasteiger partial charge in [-0.25, -0.2) is 0 Å². The Labute approximate surface area is 143 Å². The first-order valence-corrected chi connectivity index (χ1v) is 9.24. The van der Waals surface area contributed by atoms with Gasteiger partial charge in [0.1, 0.15) is 0 Å². The van der Waals surface area contributed by atoms with Gasteiger partial charge >= 0.3 is 0 Å². The zero-order valence-electron chi connectivity index (χ0n) is 16.1. The Balaban J connectivity index is 2.30. The molecule has 1 aliphatic heterocycles. The maximum atomic E-state index is 5.52. The van der Waals surface area contributed by atoms with Gasteiger partial charge in [0.05, 0.1) is 13.2 Å². The zero-order valence-corrected chi connectivity index (χ0v) is 16.1. The third kappa shape index (κ3) is 8.02. The molecule has 0 aliphatic carbocycles. The van der Waals surface area contributed by atoms with E-state index in [1.807, 2.05) is 7.05 Å². The quantitative estimate of drug-likeness (QED) is 0.531. The molecule has 0 aromatic rings. The van der Waals surface area contributed by atoms with Crippen molar-refractivity contribution in [3.05, 3.63) is 0 Å². The highest BCUT2D eigenvalue weighted by atomic mass is 16.5. The molecule has 0 amide bonds. The largest absolute Gasteiger partial charge is 0.379 e. The monoisotopic (exact) mass is 326 g/mol. The first kappa shape index (κ1) is 20.2. The third-order valence-electron chi connectivity index (χ3n) is 4.58. The van der Waals surface area contributed by atoms with Crippen LogP contribution in [0.3, 0.4) is 0 Å². The van der Waals surface area contributed by atoms with Crippen molar-refractivity contribution in [1.82, 2.24) is 15.5 Å². The molecule has 0 spiro atoms. The van der Waals surface area contributed by atoms with Crippen molar-refractivity contribution < 1.29 is 4.74 Å². The number of rotatable bonds is 8. The van der Waals surface area contributed by atoms with Gasteiger partial charge in [-0.05, 0) is 33.1 Å². The summed E-state index contributed by atoms with van der Waals surface area (Å²) in [4.78, 5) is 6.87. The van der Waals surface area contributed by atoms with Gasteiger partial charge in [-0.1, -0.05) is 26.7 Å². The molecule has 5 heteroatoms. The molecule has 0 saturated carbocycles. The van der Waals surface area contributed by atoms with E-state index in [2.05, 4.69) is 55.1 Å². The van der Waals surface area contributed by atoms with Crippen LogP contribution in [0.15, 0.2) is 4.99 Å². The molecule has 1 fully saturated rings. The van der Waals surface area contributed by atoms with E-state index in [1.54, 1.807) is 0 Å². The minimum atomic E-state index is 0.456. The minimum Gasteiger partial charge on any atom is -0.379 e. The lowest BCUT2D eigenvalue weighted by molar-refractivity contribution is -0.0174. The van der Waals surface area contributed by atoms with E-state index in [-0.39, 0.29) is 0 Å². The maximum absolute atomic E-state index is 5.52. The average molecular weight is 327 g/mol. The lowest BCUT2D eigenvalue weighted by Crippen LogP contribution is -2.53. The van der Waals surface area contributed by atoms with Gasteiger partial charge < -0.3 is 15.4 Å². The molecule has 136 valence electrons. The van der Waals surface area contributed by atoms with Crippen LogP contribution in [0.5, 0.6) is 0 Å². The van der Waals surface area contributed by atoms with Crippen molar-refractivity contribution in [2.24, 2.45) is 10.9 Å². The molecule has 1 aliphatic rings. The zero-order chi connectivity index (χ0) is 17.2. The van der Waals surface area contributed by atoms with Crippen LogP contribution in [0, 0.1) is 5.92 Å². The van der Waals surface area contributed by atoms with Gasteiger partial charge in [-0.3, -0.25) is 9.89 Å². The summed E-state index contributed by atoms with van der Waals surface area (Å²) in [6.07, 6.45) is 3.75. The van der Waals surface area contributed by atoms with Crippen LogP contribution in [0.2, 0.25) is 0 Å². The molecule has 0 aromatic heterocycles. The normalized spacial score (nSPS) is 22.9. The Hall–Kier alpha value is -0.810. The fourth-order valence-corrected chi connectivity index (χ4v) is 3.09. The van der Waals surface area contributed by atoms with Crippen LogP contribution in [0.4, 0.5) is 0 Å². The fourth-order valence-electron chi connectivity index (χ4n) is 3.09. The van der Waals surface area contributed by atoms with Crippen LogP contribution < -0.4 is 10.6 Å². The highest BCUT2D eigenvalue weighted by Crippen LogP contribution is 2.10. The molecule has 0 aromatic carbocycles. The Morgan fingerprint density at radius 2 is 2.00 bits per heavy atom. The van der Waals surface area contributed by atoms with Crippen LogP contribution in [0.1, 0.15) is 53.9 Å². The molecular formula is C18H38N4O. The number of nitrogens with one attached hydrogen (secondary N) is 2. The van der Waals surface area contributed by atoms with Crippen LogP contribution in [0.25, 0.3) is 0 Å². The second kappa shape index (κ2) is 10.9. The summed E-state index contributed by atoms with van der Waals surface area (Å²) >= 11 is 0. The van der Waals surface area contributed by atoms with Crippen LogP contribution in [-0.2, 0) is 4.74 Å². The maximum Gasteiger partial charge on any atom is 0.191 e. The number of hydrogen-bond donors (Lipinski definition) is 2. The van der Waals surface area contributed by atoms with Crippen LogP contribution >= 0.6 is 0 Å². The van der Waals surface area contributed by atoms with E-state index in [0.717, 1.165) is 38.2 Å². The summed E-state index contributed by atoms with van der Waals surface area (Å²) in [5, 5.41) is 6.98. The fraction of sp³-hybridized carbons (Fsp3) is 0.944. The van der Waals surface area contributed by atoms with Gasteiger partial charge in [-0.2, -0.15) is 0 Å². The molecule has 0 bridgehead atoms. The topological polar surface area (TPSA) is 48.9 Å². The number of aliphatic imine (C=N–C) groups is 1. The van der Waals surface area contributed by atoms with Crippen LogP contribution in [-0.4, -0.2) is 62.3 Å². The van der Waals surface area contributed by atoms with E-state index in [4.69, 9.17) is 4.74 Å². The smallest absolute Gasteiger partial charge is 0.191 e. The van der Waals surface area contributed by atoms with Crippen molar-refractivity contribution in [1.29, 1.82) is 0 Å². The first-order valence-electron chi connectivity index (χ1n) is 9.24. The van der Waals surface area contributed by atoms with E-state index in [9.17, 15) is 0 Å². The summed E-state index contributed by atoms with van der Waals surface area (Å²) in [5.41, 5.74) is 0. The van der Waals surface area contributed by atoms with Crippen molar-refractivity contribution in [3.8, 4) is 0 Å². The Bertz CT molecular complexity index is 346. The van der Waals surface area contributed by atoms with Crippen molar-refractivity contribution in [2.75, 3.05) is 33.4 Å². The lowest BCUT2D eigenvalue weighted by Gasteiger charge is -2.38. The Morgan fingerprint density at radius 1 is 1.26 bits per heavy atom. The van der Waals surface area contributed by atoms with E-state index < -0.39 is 0 Å². The standard InChI is InChI=1S/C18H38N4O/c1-14(2)8-7-9-15(3)21-18(19-6)20-12-16(4)22-10-11-23-13-17(22)5/h14-17H,7-13H2,1-6H3,(H2,19,20,21). The van der Waals surface area contributed by atoms with Gasteiger partial charge in [0, 0.05) is 38.3 Å². The number of hydrogen-bond acceptors (Lipinski definition) is 3. The molecule has 1 saturated heterocycles. The second-order valence-electron chi connectivity index (χ2n) is 7.33. The number of nitrogens with zero attached hydrogens (tertiary/aromatic N) is 2. The first-order chi connectivity index (χ1) is 10.9. The molecule has 1 rings (SSSR count). The predicted molar refractivity (Wildman–Crippen MR) is 99.1 cm³/mol. The van der Waals surface area contributed by atoms with Crippen molar-refractivity contribution in [3.63, 3.8) is 0 Å².